The zero-order chi connectivity index (χ0) is 18.0. The lowest BCUT2D eigenvalue weighted by molar-refractivity contribution is -0.152. The van der Waals surface area contributed by atoms with Gasteiger partial charge in [-0.1, -0.05) is 25.3 Å². The monoisotopic (exact) mass is 342 g/mol. The number of fused-ring (bicyclic) bond motifs is 1. The lowest BCUT2D eigenvalue weighted by Gasteiger charge is -2.35. The second-order valence-electron chi connectivity index (χ2n) is 7.04. The Morgan fingerprint density at radius 3 is 2.56 bits per heavy atom. The molecule has 0 bridgehead atoms. The van der Waals surface area contributed by atoms with Crippen LogP contribution in [0.2, 0.25) is 0 Å². The van der Waals surface area contributed by atoms with Crippen molar-refractivity contribution in [3.63, 3.8) is 0 Å². The third-order valence-electron chi connectivity index (χ3n) is 5.06. The van der Waals surface area contributed by atoms with Gasteiger partial charge in [-0.2, -0.15) is 0 Å². The molecule has 0 spiro atoms. The van der Waals surface area contributed by atoms with Gasteiger partial charge in [0.25, 0.3) is 5.91 Å². The summed E-state index contributed by atoms with van der Waals surface area (Å²) in [5, 5.41) is 4.02. The van der Waals surface area contributed by atoms with Gasteiger partial charge in [-0.25, -0.2) is 4.79 Å². The van der Waals surface area contributed by atoms with Gasteiger partial charge in [0.15, 0.2) is 0 Å². The largest absolute Gasteiger partial charge is 0.464 e. The van der Waals surface area contributed by atoms with Crippen molar-refractivity contribution in [1.29, 1.82) is 0 Å². The molecule has 134 valence electrons. The molecule has 1 saturated carbocycles. The van der Waals surface area contributed by atoms with E-state index in [4.69, 9.17) is 4.74 Å². The molecule has 0 unspecified atom stereocenters. The summed E-state index contributed by atoms with van der Waals surface area (Å²) in [6, 6.07) is 5.99. The Morgan fingerprint density at radius 1 is 1.16 bits per heavy atom. The first-order chi connectivity index (χ1) is 11.9. The summed E-state index contributed by atoms with van der Waals surface area (Å²) < 4.78 is 5.25. The fourth-order valence-electron chi connectivity index (χ4n) is 3.81. The number of aryl methyl sites for hydroxylation is 2. The van der Waals surface area contributed by atoms with Gasteiger partial charge < -0.3 is 15.0 Å². The first-order valence-electron chi connectivity index (χ1n) is 9.05. The number of esters is 1. The SMILES string of the molecule is CCOC(=O)C1(NC(=O)c2cc3c(C)cc(C)cc3[nH]2)CCCCC1. The molecular formula is C20H26N2O3. The number of hydrogen-bond acceptors (Lipinski definition) is 3. The second-order valence-corrected chi connectivity index (χ2v) is 7.04. The molecule has 0 radical (unpaired) electrons. The number of carbonyl (C=O) groups excluding carboxylic acids is 2. The van der Waals surface area contributed by atoms with E-state index < -0.39 is 5.54 Å². The Hall–Kier alpha value is -2.30. The number of amides is 1. The molecule has 1 aliphatic carbocycles. The predicted molar refractivity (Wildman–Crippen MR) is 97.7 cm³/mol. The molecular weight excluding hydrogens is 316 g/mol. The Kier molecular flexibility index (Phi) is 4.84. The highest BCUT2D eigenvalue weighted by molar-refractivity contribution is 6.01. The maximum Gasteiger partial charge on any atom is 0.331 e. The van der Waals surface area contributed by atoms with Crippen molar-refractivity contribution in [2.45, 2.75) is 58.4 Å². The van der Waals surface area contributed by atoms with E-state index in [9.17, 15) is 9.59 Å². The molecule has 3 rings (SSSR count). The zero-order valence-electron chi connectivity index (χ0n) is 15.2. The van der Waals surface area contributed by atoms with Crippen LogP contribution in [0.4, 0.5) is 0 Å². The number of nitrogens with one attached hydrogen (secondary N) is 2. The van der Waals surface area contributed by atoms with Crippen molar-refractivity contribution in [3.05, 3.63) is 35.0 Å². The van der Waals surface area contributed by atoms with Crippen LogP contribution in [0.3, 0.4) is 0 Å². The highest BCUT2D eigenvalue weighted by atomic mass is 16.5. The number of ether oxygens (including phenoxy) is 1. The molecule has 2 N–H and O–H groups in total. The number of H-pyrrole nitrogens is 1. The standard InChI is InChI=1S/C20H26N2O3/c1-4-25-19(24)20(8-6-5-7-9-20)22-18(23)17-12-15-14(3)10-13(2)11-16(15)21-17/h10-12,21H,4-9H2,1-3H3,(H,22,23). The number of aromatic amines is 1. The maximum atomic E-state index is 12.8. The Balaban J connectivity index is 1.88. The van der Waals surface area contributed by atoms with Crippen LogP contribution >= 0.6 is 0 Å². The van der Waals surface area contributed by atoms with Crippen LogP contribution in [0.25, 0.3) is 10.9 Å². The summed E-state index contributed by atoms with van der Waals surface area (Å²) in [4.78, 5) is 28.5. The van der Waals surface area contributed by atoms with E-state index in [0.717, 1.165) is 41.3 Å². The number of hydrogen-bond donors (Lipinski definition) is 2. The third kappa shape index (κ3) is 3.41. The van der Waals surface area contributed by atoms with Crippen molar-refractivity contribution in [2.24, 2.45) is 0 Å². The van der Waals surface area contributed by atoms with Crippen LogP contribution in [-0.4, -0.2) is 29.0 Å². The van der Waals surface area contributed by atoms with E-state index >= 15 is 0 Å². The van der Waals surface area contributed by atoms with E-state index in [1.165, 1.54) is 0 Å². The zero-order valence-corrected chi connectivity index (χ0v) is 15.2. The average molecular weight is 342 g/mol. The van der Waals surface area contributed by atoms with Crippen LogP contribution in [0.5, 0.6) is 0 Å². The van der Waals surface area contributed by atoms with Gasteiger partial charge in [-0.3, -0.25) is 4.79 Å². The fraction of sp³-hybridized carbons (Fsp3) is 0.500. The van der Waals surface area contributed by atoms with E-state index in [0.29, 0.717) is 25.1 Å². The first-order valence-corrected chi connectivity index (χ1v) is 9.05. The molecule has 1 aromatic heterocycles. The summed E-state index contributed by atoms with van der Waals surface area (Å²) in [5.41, 5.74) is 2.81. The van der Waals surface area contributed by atoms with Crippen molar-refractivity contribution >= 4 is 22.8 Å². The van der Waals surface area contributed by atoms with Gasteiger partial charge in [0.1, 0.15) is 11.2 Å². The van der Waals surface area contributed by atoms with Crippen LogP contribution in [0.15, 0.2) is 18.2 Å². The summed E-state index contributed by atoms with van der Waals surface area (Å²) in [6.07, 6.45) is 4.20. The predicted octanol–water partition coefficient (Wildman–Crippen LogP) is 3.78. The highest BCUT2D eigenvalue weighted by Gasteiger charge is 2.42. The lowest BCUT2D eigenvalue weighted by atomic mass is 9.81. The Bertz CT molecular complexity index is 801. The molecule has 0 saturated heterocycles. The van der Waals surface area contributed by atoms with Gasteiger partial charge in [-0.15, -0.1) is 0 Å². The molecule has 0 atom stereocenters. The van der Waals surface area contributed by atoms with Gasteiger partial charge in [0.2, 0.25) is 0 Å². The third-order valence-corrected chi connectivity index (χ3v) is 5.06. The Labute approximate surface area is 148 Å². The minimum Gasteiger partial charge on any atom is -0.464 e. The fourth-order valence-corrected chi connectivity index (χ4v) is 3.81. The minimum atomic E-state index is -0.895. The molecule has 5 nitrogen and oxygen atoms in total. The summed E-state index contributed by atoms with van der Waals surface area (Å²) >= 11 is 0. The molecule has 1 amide bonds. The van der Waals surface area contributed by atoms with Crippen LogP contribution in [-0.2, 0) is 9.53 Å². The van der Waals surface area contributed by atoms with E-state index in [2.05, 4.69) is 16.4 Å². The minimum absolute atomic E-state index is 0.247. The summed E-state index contributed by atoms with van der Waals surface area (Å²) in [6.45, 7) is 6.18. The molecule has 2 aromatic rings. The second kappa shape index (κ2) is 6.90. The maximum absolute atomic E-state index is 12.8. The number of aromatic nitrogens is 1. The van der Waals surface area contributed by atoms with Crippen molar-refractivity contribution in [2.75, 3.05) is 6.61 Å². The number of rotatable bonds is 4. The topological polar surface area (TPSA) is 71.2 Å². The van der Waals surface area contributed by atoms with Crippen molar-refractivity contribution in [1.82, 2.24) is 10.3 Å². The van der Waals surface area contributed by atoms with Gasteiger partial charge in [0, 0.05) is 10.9 Å². The quantitative estimate of drug-likeness (QED) is 0.831. The van der Waals surface area contributed by atoms with Crippen molar-refractivity contribution in [3.8, 4) is 0 Å². The van der Waals surface area contributed by atoms with Gasteiger partial charge >= 0.3 is 5.97 Å². The molecule has 5 heteroatoms. The summed E-state index contributed by atoms with van der Waals surface area (Å²) in [7, 11) is 0. The van der Waals surface area contributed by atoms with Gasteiger partial charge in [-0.05, 0) is 56.9 Å². The Morgan fingerprint density at radius 2 is 1.88 bits per heavy atom. The van der Waals surface area contributed by atoms with E-state index in [-0.39, 0.29) is 11.9 Å². The van der Waals surface area contributed by atoms with Gasteiger partial charge in [0.05, 0.1) is 6.61 Å². The first kappa shape index (κ1) is 17.5. The van der Waals surface area contributed by atoms with Crippen LogP contribution < -0.4 is 5.32 Å². The number of carbonyl (C=O) groups is 2. The molecule has 1 aliphatic rings. The summed E-state index contributed by atoms with van der Waals surface area (Å²) in [5.74, 6) is -0.561. The molecule has 1 fully saturated rings. The average Bonchev–Trinajstić information content (AvgIpc) is 3.00. The van der Waals surface area contributed by atoms with Crippen LogP contribution in [0, 0.1) is 13.8 Å². The highest BCUT2D eigenvalue weighted by Crippen LogP contribution is 2.30. The van der Waals surface area contributed by atoms with Crippen LogP contribution in [0.1, 0.15) is 60.6 Å². The molecule has 0 aliphatic heterocycles. The van der Waals surface area contributed by atoms with E-state index in [1.807, 2.05) is 26.0 Å². The van der Waals surface area contributed by atoms with Crippen molar-refractivity contribution < 1.29 is 14.3 Å². The van der Waals surface area contributed by atoms with E-state index in [1.54, 1.807) is 6.92 Å². The lowest BCUT2D eigenvalue weighted by Crippen LogP contribution is -2.56. The number of benzene rings is 1. The molecule has 25 heavy (non-hydrogen) atoms. The smallest absolute Gasteiger partial charge is 0.331 e. The molecule has 1 aromatic carbocycles. The normalized spacial score (nSPS) is 16.6. The molecule has 1 heterocycles.